The van der Waals surface area contributed by atoms with E-state index >= 15 is 0 Å². The summed E-state index contributed by atoms with van der Waals surface area (Å²) < 4.78 is 74.3. The maximum absolute atomic E-state index is 12.6. The smallest absolute Gasteiger partial charge is 0.299 e. The highest BCUT2D eigenvalue weighted by molar-refractivity contribution is 8.23. The van der Waals surface area contributed by atoms with E-state index < -0.39 is 44.2 Å². The van der Waals surface area contributed by atoms with Crippen LogP contribution in [-0.4, -0.2) is 28.5 Å². The fourth-order valence-corrected chi connectivity index (χ4v) is 4.83. The van der Waals surface area contributed by atoms with E-state index in [-0.39, 0.29) is 23.5 Å². The van der Waals surface area contributed by atoms with Crippen molar-refractivity contribution >= 4 is 35.1 Å². The maximum atomic E-state index is 12.6. The van der Waals surface area contributed by atoms with Crippen molar-refractivity contribution in [3.8, 4) is 0 Å². The maximum Gasteiger partial charge on any atom is 0.423 e. The summed E-state index contributed by atoms with van der Waals surface area (Å²) in [6.07, 6.45) is -10.3. The Balaban J connectivity index is 3.16. The number of carbonyl (C=O) groups excluding carboxylic acids is 2. The minimum atomic E-state index is -5.17. The van der Waals surface area contributed by atoms with E-state index in [1.54, 1.807) is 0 Å². The molecular formula is C10H8F6O2S2. The van der Waals surface area contributed by atoms with Crippen LogP contribution in [0.4, 0.5) is 26.3 Å². The van der Waals surface area contributed by atoms with Gasteiger partial charge < -0.3 is 0 Å². The second-order valence-electron chi connectivity index (χ2n) is 3.96. The lowest BCUT2D eigenvalue weighted by Crippen LogP contribution is -2.28. The number of hydrogen-bond donors (Lipinski definition) is 0. The molecule has 1 aliphatic heterocycles. The Morgan fingerprint density at radius 3 is 1.40 bits per heavy atom. The Morgan fingerprint density at radius 2 is 1.20 bits per heavy atom. The molecule has 1 heterocycles. The summed E-state index contributed by atoms with van der Waals surface area (Å²) in [5.74, 6) is -3.01. The molecule has 20 heavy (non-hydrogen) atoms. The van der Waals surface area contributed by atoms with Gasteiger partial charge in [-0.1, -0.05) is 0 Å². The highest BCUT2D eigenvalue weighted by Crippen LogP contribution is 2.58. The molecule has 0 bridgehead atoms. The summed E-state index contributed by atoms with van der Waals surface area (Å²) in [6, 6.07) is 0. The standard InChI is InChI=1S/C10H8F6O2S2/c1-3(17)5(4(2)18)8-19-6(9(11,12)13)7(20-8)10(14,15)16/h5,8H,1-2H3. The average Bonchev–Trinajstić information content (AvgIpc) is 2.59. The van der Waals surface area contributed by atoms with Gasteiger partial charge in [0.1, 0.15) is 21.4 Å². The third-order valence-corrected chi connectivity index (χ3v) is 5.40. The van der Waals surface area contributed by atoms with E-state index in [4.69, 9.17) is 0 Å². The van der Waals surface area contributed by atoms with E-state index in [0.717, 1.165) is 13.8 Å². The Labute approximate surface area is 118 Å². The summed E-state index contributed by atoms with van der Waals surface area (Å²) in [5, 5.41) is 0. The van der Waals surface area contributed by atoms with Crippen LogP contribution < -0.4 is 0 Å². The van der Waals surface area contributed by atoms with Crippen LogP contribution in [0, 0.1) is 5.92 Å². The van der Waals surface area contributed by atoms with Crippen molar-refractivity contribution in [2.45, 2.75) is 30.8 Å². The number of thioether (sulfide) groups is 2. The highest BCUT2D eigenvalue weighted by Gasteiger charge is 2.53. The van der Waals surface area contributed by atoms with E-state index in [0.29, 0.717) is 0 Å². The van der Waals surface area contributed by atoms with Gasteiger partial charge in [-0.25, -0.2) is 0 Å². The quantitative estimate of drug-likeness (QED) is 0.577. The third kappa shape index (κ3) is 3.72. The number of alkyl halides is 6. The zero-order chi connectivity index (χ0) is 15.9. The van der Waals surface area contributed by atoms with Crippen LogP contribution in [0.3, 0.4) is 0 Å². The van der Waals surface area contributed by atoms with Crippen molar-refractivity contribution in [3.63, 3.8) is 0 Å². The molecular weight excluding hydrogens is 330 g/mol. The van der Waals surface area contributed by atoms with Crippen molar-refractivity contribution < 1.29 is 35.9 Å². The van der Waals surface area contributed by atoms with Gasteiger partial charge in [-0.15, -0.1) is 23.5 Å². The van der Waals surface area contributed by atoms with Crippen LogP contribution >= 0.6 is 23.5 Å². The molecule has 0 N–H and O–H groups in total. The van der Waals surface area contributed by atoms with E-state index in [1.165, 1.54) is 0 Å². The molecule has 114 valence electrons. The van der Waals surface area contributed by atoms with Crippen molar-refractivity contribution in [1.82, 2.24) is 0 Å². The fourth-order valence-electron chi connectivity index (χ4n) is 1.56. The first kappa shape index (κ1) is 17.4. The van der Waals surface area contributed by atoms with Crippen molar-refractivity contribution in [2.24, 2.45) is 5.92 Å². The van der Waals surface area contributed by atoms with Gasteiger partial charge in [-0.2, -0.15) is 26.3 Å². The molecule has 0 aliphatic carbocycles. The number of ketones is 2. The monoisotopic (exact) mass is 338 g/mol. The Kier molecular flexibility index (Phi) is 4.90. The predicted molar refractivity (Wildman–Crippen MR) is 63.0 cm³/mol. The average molecular weight is 338 g/mol. The molecule has 0 unspecified atom stereocenters. The number of allylic oxidation sites excluding steroid dienone is 2. The van der Waals surface area contributed by atoms with Crippen molar-refractivity contribution in [3.05, 3.63) is 9.81 Å². The normalized spacial score (nSPS) is 18.1. The van der Waals surface area contributed by atoms with Gasteiger partial charge in [-0.3, -0.25) is 9.59 Å². The first-order valence-electron chi connectivity index (χ1n) is 5.08. The topological polar surface area (TPSA) is 34.1 Å². The largest absolute Gasteiger partial charge is 0.423 e. The van der Waals surface area contributed by atoms with Crippen LogP contribution in [0.15, 0.2) is 9.81 Å². The number of hydrogen-bond acceptors (Lipinski definition) is 4. The molecule has 1 aliphatic rings. The molecule has 0 aromatic rings. The summed E-state index contributed by atoms with van der Waals surface area (Å²) in [5.41, 5.74) is 0. The molecule has 0 radical (unpaired) electrons. The van der Waals surface area contributed by atoms with Gasteiger partial charge in [0.05, 0.1) is 10.5 Å². The minimum absolute atomic E-state index is 0.127. The summed E-state index contributed by atoms with van der Waals surface area (Å²) in [4.78, 5) is 18.9. The number of halogens is 6. The number of carbonyl (C=O) groups is 2. The lowest BCUT2D eigenvalue weighted by Gasteiger charge is -2.17. The molecule has 2 nitrogen and oxygen atoms in total. The molecule has 0 saturated carbocycles. The zero-order valence-electron chi connectivity index (χ0n) is 10.1. The van der Waals surface area contributed by atoms with Gasteiger partial charge in [0.25, 0.3) is 0 Å². The van der Waals surface area contributed by atoms with Gasteiger partial charge in [-0.05, 0) is 13.8 Å². The van der Waals surface area contributed by atoms with Gasteiger partial charge in [0.2, 0.25) is 0 Å². The second kappa shape index (κ2) is 5.63. The minimum Gasteiger partial charge on any atom is -0.299 e. The molecule has 0 atom stereocenters. The zero-order valence-corrected chi connectivity index (χ0v) is 11.7. The lowest BCUT2D eigenvalue weighted by molar-refractivity contribution is -0.129. The van der Waals surface area contributed by atoms with Crippen LogP contribution in [0.5, 0.6) is 0 Å². The third-order valence-electron chi connectivity index (χ3n) is 2.34. The molecule has 0 aromatic carbocycles. The number of Topliss-reactive ketones (excluding diaryl/α,β-unsaturated/α-hetero) is 2. The summed E-state index contributed by atoms with van der Waals surface area (Å²) in [6.45, 7) is 1.93. The van der Waals surface area contributed by atoms with Crippen LogP contribution in [0.25, 0.3) is 0 Å². The van der Waals surface area contributed by atoms with Gasteiger partial charge >= 0.3 is 12.4 Å². The Hall–Kier alpha value is -0.640. The lowest BCUT2D eigenvalue weighted by atomic mass is 10.0. The molecule has 0 fully saturated rings. The molecule has 1 rings (SSSR count). The van der Waals surface area contributed by atoms with Crippen molar-refractivity contribution in [2.75, 3.05) is 0 Å². The van der Waals surface area contributed by atoms with Gasteiger partial charge in [0, 0.05) is 0 Å². The molecule has 0 aromatic heterocycles. The Bertz CT molecular complexity index is 425. The van der Waals surface area contributed by atoms with Crippen LogP contribution in [0.2, 0.25) is 0 Å². The highest BCUT2D eigenvalue weighted by atomic mass is 32.2. The molecule has 10 heteroatoms. The summed E-state index contributed by atoms with van der Waals surface area (Å²) in [7, 11) is 0. The first-order chi connectivity index (χ1) is 8.85. The predicted octanol–water partition coefficient (Wildman–Crippen LogP) is 3.92. The fraction of sp³-hybridized carbons (Fsp3) is 0.600. The SMILES string of the molecule is CC(=O)C(C(C)=O)C1SC(C(F)(F)F)=C(C(F)(F)F)S1. The number of rotatable bonds is 3. The van der Waals surface area contributed by atoms with Crippen LogP contribution in [0.1, 0.15) is 13.8 Å². The molecule has 0 amide bonds. The van der Waals surface area contributed by atoms with E-state index in [2.05, 4.69) is 0 Å². The van der Waals surface area contributed by atoms with E-state index in [1.807, 2.05) is 0 Å². The van der Waals surface area contributed by atoms with Crippen LogP contribution in [-0.2, 0) is 9.59 Å². The second-order valence-corrected chi connectivity index (χ2v) is 6.56. The van der Waals surface area contributed by atoms with E-state index in [9.17, 15) is 35.9 Å². The summed E-state index contributed by atoms with van der Waals surface area (Å²) >= 11 is -0.253. The Morgan fingerprint density at radius 1 is 0.900 bits per heavy atom. The molecule has 0 saturated heterocycles. The molecule has 0 spiro atoms. The van der Waals surface area contributed by atoms with Crippen molar-refractivity contribution in [1.29, 1.82) is 0 Å². The first-order valence-corrected chi connectivity index (χ1v) is 6.84. The van der Waals surface area contributed by atoms with Gasteiger partial charge in [0.15, 0.2) is 0 Å².